The zero-order valence-corrected chi connectivity index (χ0v) is 10.0. The molecule has 0 radical (unpaired) electrons. The number of ether oxygens (including phenoxy) is 1. The second-order valence-electron chi connectivity index (χ2n) is 4.17. The molecule has 0 aromatic carbocycles. The van der Waals surface area contributed by atoms with Crippen molar-refractivity contribution in [1.29, 1.82) is 0 Å². The lowest BCUT2D eigenvalue weighted by atomic mass is 10.2. The molecule has 0 bridgehead atoms. The average Bonchev–Trinajstić information content (AvgIpc) is 2.75. The molecule has 1 atom stereocenters. The highest BCUT2D eigenvalue weighted by atomic mass is 16.5. The number of nitrogens with one attached hydrogen (secondary N) is 1. The van der Waals surface area contributed by atoms with Crippen LogP contribution in [-0.4, -0.2) is 18.6 Å². The fourth-order valence-corrected chi connectivity index (χ4v) is 1.14. The van der Waals surface area contributed by atoms with Gasteiger partial charge in [0.2, 0.25) is 5.91 Å². The van der Waals surface area contributed by atoms with E-state index in [1.54, 1.807) is 19.3 Å². The molecule has 0 spiro atoms. The third-order valence-corrected chi connectivity index (χ3v) is 2.07. The molecule has 0 saturated carbocycles. The number of furan rings is 1. The SMILES string of the molecule is CC(C)CO[C@H](C)C(=O)NCc1ccco1. The summed E-state index contributed by atoms with van der Waals surface area (Å²) >= 11 is 0. The first-order chi connectivity index (χ1) is 7.59. The van der Waals surface area contributed by atoms with Crippen LogP contribution < -0.4 is 5.32 Å². The molecule has 0 unspecified atom stereocenters. The second-order valence-corrected chi connectivity index (χ2v) is 4.17. The van der Waals surface area contributed by atoms with Gasteiger partial charge < -0.3 is 14.5 Å². The Kier molecular flexibility index (Phi) is 5.05. The maximum absolute atomic E-state index is 11.6. The lowest BCUT2D eigenvalue weighted by Gasteiger charge is -2.14. The van der Waals surface area contributed by atoms with Gasteiger partial charge in [-0.1, -0.05) is 13.8 Å². The summed E-state index contributed by atoms with van der Waals surface area (Å²) in [4.78, 5) is 11.6. The Bertz CT molecular complexity index is 306. The van der Waals surface area contributed by atoms with E-state index < -0.39 is 6.10 Å². The van der Waals surface area contributed by atoms with Crippen molar-refractivity contribution < 1.29 is 13.9 Å². The maximum Gasteiger partial charge on any atom is 0.249 e. The lowest BCUT2D eigenvalue weighted by Crippen LogP contribution is -2.34. The van der Waals surface area contributed by atoms with Gasteiger partial charge in [-0.2, -0.15) is 0 Å². The van der Waals surface area contributed by atoms with Crippen molar-refractivity contribution in [3.05, 3.63) is 24.2 Å². The zero-order chi connectivity index (χ0) is 12.0. The largest absolute Gasteiger partial charge is 0.467 e. The van der Waals surface area contributed by atoms with E-state index in [2.05, 4.69) is 5.32 Å². The third kappa shape index (κ3) is 4.49. The summed E-state index contributed by atoms with van der Waals surface area (Å²) in [6, 6.07) is 3.61. The summed E-state index contributed by atoms with van der Waals surface area (Å²) in [7, 11) is 0. The number of amides is 1. The van der Waals surface area contributed by atoms with Gasteiger partial charge in [-0.05, 0) is 25.0 Å². The summed E-state index contributed by atoms with van der Waals surface area (Å²) in [5.41, 5.74) is 0. The first-order valence-electron chi connectivity index (χ1n) is 5.51. The molecule has 0 saturated heterocycles. The molecule has 1 aromatic rings. The summed E-state index contributed by atoms with van der Waals surface area (Å²) in [5, 5.41) is 2.75. The van der Waals surface area contributed by atoms with Crippen LogP contribution in [0.3, 0.4) is 0 Å². The molecule has 1 heterocycles. The van der Waals surface area contributed by atoms with Crippen LogP contribution in [0.5, 0.6) is 0 Å². The highest BCUT2D eigenvalue weighted by molar-refractivity contribution is 5.80. The molecule has 4 heteroatoms. The molecular weight excluding hydrogens is 206 g/mol. The second kappa shape index (κ2) is 6.33. The Hall–Kier alpha value is -1.29. The Morgan fingerprint density at radius 2 is 2.25 bits per heavy atom. The highest BCUT2D eigenvalue weighted by Gasteiger charge is 2.13. The number of rotatable bonds is 6. The number of carbonyl (C=O) groups is 1. The van der Waals surface area contributed by atoms with Crippen molar-refractivity contribution in [3.63, 3.8) is 0 Å². The third-order valence-electron chi connectivity index (χ3n) is 2.07. The molecule has 1 N–H and O–H groups in total. The van der Waals surface area contributed by atoms with Crippen molar-refractivity contribution >= 4 is 5.91 Å². The number of carbonyl (C=O) groups excluding carboxylic acids is 1. The standard InChI is InChI=1S/C12H19NO3/c1-9(2)8-16-10(3)12(14)13-7-11-5-4-6-15-11/h4-6,9-10H,7-8H2,1-3H3,(H,13,14)/t10-/m1/s1. The maximum atomic E-state index is 11.6. The van der Waals surface area contributed by atoms with E-state index in [1.165, 1.54) is 0 Å². The summed E-state index contributed by atoms with van der Waals surface area (Å²) < 4.78 is 10.5. The van der Waals surface area contributed by atoms with Crippen molar-refractivity contribution in [2.45, 2.75) is 33.4 Å². The van der Waals surface area contributed by atoms with Gasteiger partial charge in [-0.15, -0.1) is 0 Å². The first kappa shape index (κ1) is 12.8. The zero-order valence-electron chi connectivity index (χ0n) is 10.0. The van der Waals surface area contributed by atoms with Crippen LogP contribution in [0.15, 0.2) is 22.8 Å². The van der Waals surface area contributed by atoms with E-state index >= 15 is 0 Å². The molecule has 0 aliphatic carbocycles. The summed E-state index contributed by atoms with van der Waals surface area (Å²) in [6.45, 7) is 6.84. The lowest BCUT2D eigenvalue weighted by molar-refractivity contribution is -0.132. The van der Waals surface area contributed by atoms with Gasteiger partial charge in [0.1, 0.15) is 11.9 Å². The van der Waals surface area contributed by atoms with Crippen LogP contribution in [0.2, 0.25) is 0 Å². The molecule has 1 amide bonds. The normalized spacial score (nSPS) is 12.8. The van der Waals surface area contributed by atoms with Crippen LogP contribution in [0.25, 0.3) is 0 Å². The predicted molar refractivity (Wildman–Crippen MR) is 60.8 cm³/mol. The molecule has 0 aliphatic heterocycles. The Morgan fingerprint density at radius 1 is 1.50 bits per heavy atom. The van der Waals surface area contributed by atoms with Gasteiger partial charge >= 0.3 is 0 Å². The van der Waals surface area contributed by atoms with Crippen LogP contribution in [-0.2, 0) is 16.1 Å². The van der Waals surface area contributed by atoms with Crippen molar-refractivity contribution in [2.24, 2.45) is 5.92 Å². The van der Waals surface area contributed by atoms with Crippen molar-refractivity contribution in [3.8, 4) is 0 Å². The topological polar surface area (TPSA) is 51.5 Å². The fraction of sp³-hybridized carbons (Fsp3) is 0.583. The van der Waals surface area contributed by atoms with Gasteiger partial charge in [0, 0.05) is 6.61 Å². The smallest absolute Gasteiger partial charge is 0.249 e. The number of hydrogen-bond donors (Lipinski definition) is 1. The van der Waals surface area contributed by atoms with Gasteiger partial charge in [-0.25, -0.2) is 0 Å². The van der Waals surface area contributed by atoms with E-state index in [0.29, 0.717) is 19.1 Å². The molecule has 0 fully saturated rings. The Balaban J connectivity index is 2.23. The monoisotopic (exact) mass is 225 g/mol. The van der Waals surface area contributed by atoms with E-state index in [0.717, 1.165) is 5.76 Å². The Labute approximate surface area is 96.0 Å². The van der Waals surface area contributed by atoms with E-state index in [4.69, 9.17) is 9.15 Å². The van der Waals surface area contributed by atoms with Crippen LogP contribution in [0.4, 0.5) is 0 Å². The van der Waals surface area contributed by atoms with Crippen molar-refractivity contribution in [1.82, 2.24) is 5.32 Å². The molecule has 0 aliphatic rings. The molecule has 4 nitrogen and oxygen atoms in total. The van der Waals surface area contributed by atoms with Gasteiger partial charge in [0.05, 0.1) is 12.8 Å². The van der Waals surface area contributed by atoms with Crippen LogP contribution in [0.1, 0.15) is 26.5 Å². The van der Waals surface area contributed by atoms with E-state index in [-0.39, 0.29) is 5.91 Å². The average molecular weight is 225 g/mol. The first-order valence-corrected chi connectivity index (χ1v) is 5.51. The molecular formula is C12H19NO3. The van der Waals surface area contributed by atoms with Crippen LogP contribution in [0, 0.1) is 5.92 Å². The minimum absolute atomic E-state index is 0.114. The van der Waals surface area contributed by atoms with E-state index in [9.17, 15) is 4.79 Å². The molecule has 1 aromatic heterocycles. The van der Waals surface area contributed by atoms with Gasteiger partial charge in [0.15, 0.2) is 0 Å². The predicted octanol–water partition coefficient (Wildman–Crippen LogP) is 1.96. The quantitative estimate of drug-likeness (QED) is 0.805. The summed E-state index contributed by atoms with van der Waals surface area (Å²) in [5.74, 6) is 1.06. The van der Waals surface area contributed by atoms with Crippen molar-refractivity contribution in [2.75, 3.05) is 6.61 Å². The summed E-state index contributed by atoms with van der Waals surface area (Å²) in [6.07, 6.45) is 1.16. The minimum atomic E-state index is -0.419. The molecule has 16 heavy (non-hydrogen) atoms. The molecule has 90 valence electrons. The number of hydrogen-bond acceptors (Lipinski definition) is 3. The van der Waals surface area contributed by atoms with Gasteiger partial charge in [-0.3, -0.25) is 4.79 Å². The molecule has 1 rings (SSSR count). The highest BCUT2D eigenvalue weighted by Crippen LogP contribution is 2.01. The Morgan fingerprint density at radius 3 is 2.81 bits per heavy atom. The fourth-order valence-electron chi connectivity index (χ4n) is 1.14. The van der Waals surface area contributed by atoms with Gasteiger partial charge in [0.25, 0.3) is 0 Å². The van der Waals surface area contributed by atoms with E-state index in [1.807, 2.05) is 19.9 Å². The minimum Gasteiger partial charge on any atom is -0.467 e. The van der Waals surface area contributed by atoms with Crippen LogP contribution >= 0.6 is 0 Å².